The second kappa shape index (κ2) is 3.38. The van der Waals surface area contributed by atoms with E-state index in [4.69, 9.17) is 9.47 Å². The molecule has 3 rings (SSSR count). The number of ether oxygens (including phenoxy) is 2. The number of hydrogen-bond acceptors (Lipinski definition) is 4. The van der Waals surface area contributed by atoms with Gasteiger partial charge in [-0.1, -0.05) is 30.3 Å². The lowest BCUT2D eigenvalue weighted by molar-refractivity contribution is -0.143. The van der Waals surface area contributed by atoms with Crippen LogP contribution >= 0.6 is 0 Å². The van der Waals surface area contributed by atoms with Gasteiger partial charge >= 0.3 is 0 Å². The molecule has 2 fully saturated rings. The van der Waals surface area contributed by atoms with Crippen LogP contribution in [0.25, 0.3) is 0 Å². The highest BCUT2D eigenvalue weighted by atomic mass is 16.7. The molecule has 2 heterocycles. The number of carbonyl (C=O) groups excluding carboxylic acids is 1. The Balaban J connectivity index is 1.80. The van der Waals surface area contributed by atoms with E-state index in [1.165, 1.54) is 0 Å². The SMILES string of the molecule is O=C1C(O)O[C@H](Cc2ccccc2)[C@]12CO2. The summed E-state index contributed by atoms with van der Waals surface area (Å²) in [5.41, 5.74) is 0.208. The van der Waals surface area contributed by atoms with E-state index in [1.807, 2.05) is 30.3 Å². The molecule has 3 atom stereocenters. The molecule has 0 aliphatic carbocycles. The summed E-state index contributed by atoms with van der Waals surface area (Å²) in [7, 11) is 0. The molecule has 0 aromatic heterocycles. The normalized spacial score (nSPS) is 36.9. The molecule has 1 aromatic carbocycles. The Bertz CT molecular complexity index is 410. The number of rotatable bonds is 2. The van der Waals surface area contributed by atoms with Crippen LogP contribution in [0.1, 0.15) is 5.56 Å². The molecule has 16 heavy (non-hydrogen) atoms. The summed E-state index contributed by atoms with van der Waals surface area (Å²) in [5, 5.41) is 9.37. The van der Waals surface area contributed by atoms with Crippen LogP contribution in [0, 0.1) is 0 Å². The molecule has 4 heteroatoms. The Labute approximate surface area is 92.8 Å². The molecule has 2 aliphatic heterocycles. The van der Waals surface area contributed by atoms with Gasteiger partial charge in [-0.15, -0.1) is 0 Å². The van der Waals surface area contributed by atoms with E-state index in [-0.39, 0.29) is 11.9 Å². The van der Waals surface area contributed by atoms with Crippen molar-refractivity contribution < 1.29 is 19.4 Å². The number of hydrogen-bond donors (Lipinski definition) is 1. The van der Waals surface area contributed by atoms with Crippen LogP contribution in [0.4, 0.5) is 0 Å². The first-order chi connectivity index (χ1) is 7.72. The molecule has 1 N–H and O–H groups in total. The molecule has 84 valence electrons. The fourth-order valence-electron chi connectivity index (χ4n) is 2.14. The van der Waals surface area contributed by atoms with E-state index < -0.39 is 11.9 Å². The predicted molar refractivity (Wildman–Crippen MR) is 54.7 cm³/mol. The molecular weight excluding hydrogens is 208 g/mol. The topological polar surface area (TPSA) is 59.1 Å². The van der Waals surface area contributed by atoms with Gasteiger partial charge in [0, 0.05) is 6.42 Å². The van der Waals surface area contributed by atoms with Crippen molar-refractivity contribution in [3.8, 4) is 0 Å². The molecule has 0 saturated carbocycles. The van der Waals surface area contributed by atoms with Crippen LogP contribution in [0.3, 0.4) is 0 Å². The van der Waals surface area contributed by atoms with Crippen molar-refractivity contribution in [1.82, 2.24) is 0 Å². The second-order valence-corrected chi connectivity index (χ2v) is 4.21. The monoisotopic (exact) mass is 220 g/mol. The number of aliphatic hydroxyl groups is 1. The van der Waals surface area contributed by atoms with Gasteiger partial charge in [0.2, 0.25) is 12.1 Å². The lowest BCUT2D eigenvalue weighted by Gasteiger charge is -2.12. The summed E-state index contributed by atoms with van der Waals surface area (Å²) < 4.78 is 10.4. The summed E-state index contributed by atoms with van der Waals surface area (Å²) in [5.74, 6) is -0.339. The smallest absolute Gasteiger partial charge is 0.225 e. The average molecular weight is 220 g/mol. The molecule has 0 radical (unpaired) electrons. The largest absolute Gasteiger partial charge is 0.362 e. The highest BCUT2D eigenvalue weighted by Crippen LogP contribution is 2.41. The van der Waals surface area contributed by atoms with Gasteiger partial charge in [0.1, 0.15) is 6.10 Å². The van der Waals surface area contributed by atoms with E-state index in [1.54, 1.807) is 0 Å². The van der Waals surface area contributed by atoms with Crippen molar-refractivity contribution in [2.45, 2.75) is 24.4 Å². The summed E-state index contributed by atoms with van der Waals surface area (Å²) in [4.78, 5) is 11.6. The van der Waals surface area contributed by atoms with Gasteiger partial charge in [0.15, 0.2) is 5.60 Å². The third-order valence-electron chi connectivity index (χ3n) is 3.17. The van der Waals surface area contributed by atoms with Gasteiger partial charge in [0.05, 0.1) is 6.61 Å². The Hall–Kier alpha value is -1.23. The van der Waals surface area contributed by atoms with E-state index in [0.717, 1.165) is 5.56 Å². The molecule has 0 bridgehead atoms. The minimum Gasteiger partial charge on any atom is -0.362 e. The van der Waals surface area contributed by atoms with Crippen molar-refractivity contribution in [2.75, 3.05) is 6.61 Å². The highest BCUT2D eigenvalue weighted by molar-refractivity contribution is 5.95. The number of benzene rings is 1. The van der Waals surface area contributed by atoms with Gasteiger partial charge < -0.3 is 14.6 Å². The van der Waals surface area contributed by atoms with Crippen LogP contribution in [-0.2, 0) is 20.7 Å². The average Bonchev–Trinajstić information content (AvgIpc) is 3.06. The fourth-order valence-corrected chi connectivity index (χ4v) is 2.14. The van der Waals surface area contributed by atoms with Crippen molar-refractivity contribution in [3.05, 3.63) is 35.9 Å². The zero-order valence-electron chi connectivity index (χ0n) is 8.63. The number of aliphatic hydroxyl groups excluding tert-OH is 1. The van der Waals surface area contributed by atoms with Crippen molar-refractivity contribution in [3.63, 3.8) is 0 Å². The highest BCUT2D eigenvalue weighted by Gasteiger charge is 2.65. The lowest BCUT2D eigenvalue weighted by Crippen LogP contribution is -2.33. The predicted octanol–water partition coefficient (Wildman–Crippen LogP) is 0.284. The van der Waals surface area contributed by atoms with E-state index >= 15 is 0 Å². The zero-order chi connectivity index (χ0) is 11.2. The standard InChI is InChI=1S/C12H12O4/c13-10-11(14)16-9(12(10)7-15-12)6-8-4-2-1-3-5-8/h1-5,9,11,14H,6-7H2/t9-,11?,12-/m1/s1. The Morgan fingerprint density at radius 2 is 2.06 bits per heavy atom. The quantitative estimate of drug-likeness (QED) is 0.727. The number of epoxide rings is 1. The Morgan fingerprint density at radius 1 is 1.38 bits per heavy atom. The maximum absolute atomic E-state index is 11.6. The van der Waals surface area contributed by atoms with Crippen LogP contribution < -0.4 is 0 Å². The number of carbonyl (C=O) groups is 1. The third kappa shape index (κ3) is 1.38. The first-order valence-electron chi connectivity index (χ1n) is 5.28. The van der Waals surface area contributed by atoms with Gasteiger partial charge in [-0.2, -0.15) is 0 Å². The van der Waals surface area contributed by atoms with Crippen LogP contribution in [0.5, 0.6) is 0 Å². The first kappa shape index (κ1) is 9.96. The van der Waals surface area contributed by atoms with Crippen LogP contribution in [0.15, 0.2) is 30.3 Å². The number of Topliss-reactive ketones (excluding diaryl/α,β-unsaturated/α-hetero) is 1. The maximum Gasteiger partial charge on any atom is 0.225 e. The summed E-state index contributed by atoms with van der Waals surface area (Å²) in [6.07, 6.45) is -1.10. The molecule has 1 aromatic rings. The molecular formula is C12H12O4. The summed E-state index contributed by atoms with van der Waals surface area (Å²) in [6, 6.07) is 9.73. The molecule has 2 aliphatic rings. The Morgan fingerprint density at radius 3 is 2.69 bits per heavy atom. The van der Waals surface area contributed by atoms with Gasteiger partial charge in [-0.3, -0.25) is 4.79 Å². The lowest BCUT2D eigenvalue weighted by atomic mass is 9.95. The maximum atomic E-state index is 11.6. The molecule has 1 spiro atoms. The van der Waals surface area contributed by atoms with E-state index in [9.17, 15) is 9.90 Å². The summed E-state index contributed by atoms with van der Waals surface area (Å²) >= 11 is 0. The van der Waals surface area contributed by atoms with E-state index in [0.29, 0.717) is 13.0 Å². The molecule has 1 unspecified atom stereocenters. The van der Waals surface area contributed by atoms with Crippen molar-refractivity contribution in [1.29, 1.82) is 0 Å². The summed E-state index contributed by atoms with van der Waals surface area (Å²) in [6.45, 7) is 0.362. The van der Waals surface area contributed by atoms with Gasteiger partial charge in [-0.25, -0.2) is 0 Å². The van der Waals surface area contributed by atoms with Crippen LogP contribution in [-0.4, -0.2) is 35.5 Å². The first-order valence-corrected chi connectivity index (χ1v) is 5.28. The van der Waals surface area contributed by atoms with E-state index in [2.05, 4.69) is 0 Å². The minimum atomic E-state index is -1.32. The third-order valence-corrected chi connectivity index (χ3v) is 3.17. The van der Waals surface area contributed by atoms with Gasteiger partial charge in [0.25, 0.3) is 0 Å². The molecule has 4 nitrogen and oxygen atoms in total. The van der Waals surface area contributed by atoms with Crippen molar-refractivity contribution in [2.24, 2.45) is 0 Å². The van der Waals surface area contributed by atoms with Gasteiger partial charge in [-0.05, 0) is 5.56 Å². The van der Waals surface area contributed by atoms with Crippen LogP contribution in [0.2, 0.25) is 0 Å². The zero-order valence-corrected chi connectivity index (χ0v) is 8.63. The second-order valence-electron chi connectivity index (χ2n) is 4.21. The number of ketones is 1. The van der Waals surface area contributed by atoms with Crippen molar-refractivity contribution >= 4 is 5.78 Å². The fraction of sp³-hybridized carbons (Fsp3) is 0.417. The Kier molecular flexibility index (Phi) is 2.10. The molecule has 2 saturated heterocycles. The minimum absolute atomic E-state index is 0.339. The molecule has 0 amide bonds.